The predicted octanol–water partition coefficient (Wildman–Crippen LogP) is 4.52. The lowest BCUT2D eigenvalue weighted by Gasteiger charge is -2.24. The van der Waals surface area contributed by atoms with E-state index < -0.39 is 0 Å². The summed E-state index contributed by atoms with van der Waals surface area (Å²) in [7, 11) is 0. The first-order valence-electron chi connectivity index (χ1n) is 7.33. The summed E-state index contributed by atoms with van der Waals surface area (Å²) in [5.74, 6) is 0. The van der Waals surface area contributed by atoms with Crippen LogP contribution in [0.3, 0.4) is 0 Å². The third kappa shape index (κ3) is 3.48. The van der Waals surface area contributed by atoms with E-state index in [4.69, 9.17) is 11.6 Å². The van der Waals surface area contributed by atoms with Gasteiger partial charge >= 0.3 is 5.00 Å². The molecule has 1 aromatic heterocycles. The second-order valence-corrected chi connectivity index (χ2v) is 6.91. The molecule has 0 amide bonds. The molecule has 1 atom stereocenters. The monoisotopic (exact) mass is 336 g/mol. The topological polar surface area (TPSA) is 46.4 Å². The van der Waals surface area contributed by atoms with Crippen molar-refractivity contribution in [1.82, 2.24) is 4.90 Å². The summed E-state index contributed by atoms with van der Waals surface area (Å²) >= 11 is 7.46. The van der Waals surface area contributed by atoms with Crippen LogP contribution in [-0.2, 0) is 13.0 Å². The molecule has 4 nitrogen and oxygen atoms in total. The quantitative estimate of drug-likeness (QED) is 0.596. The van der Waals surface area contributed by atoms with E-state index in [1.165, 1.54) is 23.3 Å². The van der Waals surface area contributed by atoms with Gasteiger partial charge in [0.1, 0.15) is 0 Å². The molecule has 0 unspecified atom stereocenters. The van der Waals surface area contributed by atoms with Crippen molar-refractivity contribution < 1.29 is 4.92 Å². The molecule has 0 bridgehead atoms. The summed E-state index contributed by atoms with van der Waals surface area (Å²) in [4.78, 5) is 12.9. The molecule has 2 aromatic rings. The third-order valence-electron chi connectivity index (χ3n) is 4.12. The van der Waals surface area contributed by atoms with Crippen molar-refractivity contribution in [3.05, 3.63) is 62.0 Å². The Morgan fingerprint density at radius 3 is 2.95 bits per heavy atom. The second-order valence-electron chi connectivity index (χ2n) is 5.61. The number of benzene rings is 1. The maximum Gasteiger partial charge on any atom is 0.324 e. The fourth-order valence-corrected chi connectivity index (χ4v) is 3.96. The van der Waals surface area contributed by atoms with Crippen LogP contribution in [-0.4, -0.2) is 22.4 Å². The van der Waals surface area contributed by atoms with Crippen molar-refractivity contribution in [3.63, 3.8) is 0 Å². The fourth-order valence-electron chi connectivity index (χ4n) is 3.03. The molecule has 1 aliphatic rings. The highest BCUT2D eigenvalue weighted by Gasteiger charge is 2.26. The molecule has 2 heterocycles. The number of hydrogen-bond donors (Lipinski definition) is 0. The van der Waals surface area contributed by atoms with Crippen LogP contribution < -0.4 is 0 Å². The molecule has 0 spiro atoms. The Morgan fingerprint density at radius 2 is 2.23 bits per heavy atom. The molecule has 1 fully saturated rings. The van der Waals surface area contributed by atoms with Crippen molar-refractivity contribution in [2.45, 2.75) is 31.8 Å². The standard InChI is InChI=1S/C16H17ClN2O2S/c17-15-6-2-1-4-13(15)9-14-5-3-7-18(14)10-12-8-16(19(20)21)22-11-12/h1-2,4,6,8,11,14H,3,5,7,9-10H2/t14-/m1/s1. The highest BCUT2D eigenvalue weighted by Crippen LogP contribution is 2.29. The summed E-state index contributed by atoms with van der Waals surface area (Å²) in [6.07, 6.45) is 3.25. The van der Waals surface area contributed by atoms with Crippen molar-refractivity contribution >= 4 is 27.9 Å². The number of halogens is 1. The van der Waals surface area contributed by atoms with Gasteiger partial charge in [0.05, 0.1) is 4.92 Å². The van der Waals surface area contributed by atoms with E-state index in [0.717, 1.165) is 36.5 Å². The van der Waals surface area contributed by atoms with Crippen LogP contribution in [0.5, 0.6) is 0 Å². The van der Waals surface area contributed by atoms with Crippen LogP contribution in [0, 0.1) is 10.1 Å². The molecule has 1 saturated heterocycles. The van der Waals surface area contributed by atoms with Gasteiger partial charge < -0.3 is 0 Å². The van der Waals surface area contributed by atoms with Gasteiger partial charge in [-0.05, 0) is 43.0 Å². The lowest BCUT2D eigenvalue weighted by Crippen LogP contribution is -2.30. The van der Waals surface area contributed by atoms with Crippen LogP contribution in [0.25, 0.3) is 0 Å². The first-order chi connectivity index (χ1) is 10.6. The Morgan fingerprint density at radius 1 is 1.41 bits per heavy atom. The van der Waals surface area contributed by atoms with Gasteiger partial charge in [-0.25, -0.2) is 0 Å². The Balaban J connectivity index is 1.67. The van der Waals surface area contributed by atoms with Crippen molar-refractivity contribution in [2.75, 3.05) is 6.54 Å². The molecule has 0 saturated carbocycles. The van der Waals surface area contributed by atoms with Gasteiger partial charge in [0.25, 0.3) is 0 Å². The van der Waals surface area contributed by atoms with Gasteiger partial charge in [-0.15, -0.1) is 0 Å². The molecular weight excluding hydrogens is 320 g/mol. The van der Waals surface area contributed by atoms with E-state index in [9.17, 15) is 10.1 Å². The van der Waals surface area contributed by atoms with Crippen molar-refractivity contribution in [2.24, 2.45) is 0 Å². The van der Waals surface area contributed by atoms with Gasteiger partial charge in [-0.1, -0.05) is 41.1 Å². The minimum Gasteiger partial charge on any atom is -0.296 e. The zero-order chi connectivity index (χ0) is 15.5. The largest absolute Gasteiger partial charge is 0.324 e. The summed E-state index contributed by atoms with van der Waals surface area (Å²) in [6.45, 7) is 1.82. The molecular formula is C16H17ClN2O2S. The van der Waals surface area contributed by atoms with E-state index in [1.54, 1.807) is 6.07 Å². The lowest BCUT2D eigenvalue weighted by atomic mass is 10.0. The summed E-state index contributed by atoms with van der Waals surface area (Å²) < 4.78 is 0. The Labute approximate surface area is 138 Å². The zero-order valence-electron chi connectivity index (χ0n) is 12.1. The number of thiophene rings is 1. The highest BCUT2D eigenvalue weighted by atomic mass is 35.5. The second kappa shape index (κ2) is 6.77. The van der Waals surface area contributed by atoms with E-state index in [0.29, 0.717) is 6.04 Å². The highest BCUT2D eigenvalue weighted by molar-refractivity contribution is 7.13. The van der Waals surface area contributed by atoms with E-state index >= 15 is 0 Å². The first kappa shape index (κ1) is 15.5. The molecule has 0 N–H and O–H groups in total. The van der Waals surface area contributed by atoms with Crippen LogP contribution in [0.15, 0.2) is 35.7 Å². The number of likely N-dealkylation sites (tertiary alicyclic amines) is 1. The van der Waals surface area contributed by atoms with Crippen LogP contribution in [0.2, 0.25) is 5.02 Å². The van der Waals surface area contributed by atoms with Gasteiger partial charge in [-0.3, -0.25) is 15.0 Å². The molecule has 1 aliphatic heterocycles. The van der Waals surface area contributed by atoms with E-state index in [1.807, 2.05) is 23.6 Å². The van der Waals surface area contributed by atoms with Gasteiger partial charge in [0.2, 0.25) is 0 Å². The Kier molecular flexibility index (Phi) is 4.76. The molecule has 22 heavy (non-hydrogen) atoms. The smallest absolute Gasteiger partial charge is 0.296 e. The number of hydrogen-bond acceptors (Lipinski definition) is 4. The normalized spacial score (nSPS) is 18.7. The summed E-state index contributed by atoms with van der Waals surface area (Å²) in [5, 5.41) is 13.7. The van der Waals surface area contributed by atoms with Crippen LogP contribution in [0.4, 0.5) is 5.00 Å². The Hall–Kier alpha value is -1.43. The van der Waals surface area contributed by atoms with Crippen LogP contribution >= 0.6 is 22.9 Å². The predicted molar refractivity (Wildman–Crippen MR) is 89.6 cm³/mol. The first-order valence-corrected chi connectivity index (χ1v) is 8.58. The molecule has 0 radical (unpaired) electrons. The average molecular weight is 337 g/mol. The van der Waals surface area contributed by atoms with Gasteiger partial charge in [-0.2, -0.15) is 0 Å². The molecule has 3 rings (SSSR count). The van der Waals surface area contributed by atoms with Crippen molar-refractivity contribution in [3.8, 4) is 0 Å². The molecule has 6 heteroatoms. The lowest BCUT2D eigenvalue weighted by molar-refractivity contribution is -0.380. The van der Waals surface area contributed by atoms with Crippen molar-refractivity contribution in [1.29, 1.82) is 0 Å². The minimum absolute atomic E-state index is 0.219. The molecule has 116 valence electrons. The minimum atomic E-state index is -0.320. The maximum absolute atomic E-state index is 10.8. The molecule has 0 aliphatic carbocycles. The van der Waals surface area contributed by atoms with Gasteiger partial charge in [0, 0.05) is 29.1 Å². The average Bonchev–Trinajstić information content (AvgIpc) is 3.12. The molecule has 1 aromatic carbocycles. The summed E-state index contributed by atoms with van der Waals surface area (Å²) in [5.41, 5.74) is 2.21. The maximum atomic E-state index is 10.8. The fraction of sp³-hybridized carbons (Fsp3) is 0.375. The van der Waals surface area contributed by atoms with E-state index in [-0.39, 0.29) is 9.92 Å². The summed E-state index contributed by atoms with van der Waals surface area (Å²) in [6, 6.07) is 10.1. The van der Waals surface area contributed by atoms with Crippen LogP contribution in [0.1, 0.15) is 24.0 Å². The van der Waals surface area contributed by atoms with Gasteiger partial charge in [0.15, 0.2) is 0 Å². The SMILES string of the molecule is O=[N+]([O-])c1cc(CN2CCC[C@@H]2Cc2ccccc2Cl)cs1. The Bertz CT molecular complexity index is 674. The van der Waals surface area contributed by atoms with E-state index in [2.05, 4.69) is 11.0 Å². The zero-order valence-corrected chi connectivity index (χ0v) is 13.6. The third-order valence-corrected chi connectivity index (χ3v) is 5.42. The number of rotatable bonds is 5. The number of nitro groups is 1. The number of nitrogens with zero attached hydrogens (tertiary/aromatic N) is 2.